The summed E-state index contributed by atoms with van der Waals surface area (Å²) in [4.78, 5) is 22.0. The number of methoxy groups -OCH3 is 1. The van der Waals surface area contributed by atoms with Crippen LogP contribution in [0, 0.1) is 10.1 Å². The minimum Gasteiger partial charge on any atom is -0.496 e. The lowest BCUT2D eigenvalue weighted by Crippen LogP contribution is -2.34. The van der Waals surface area contributed by atoms with Crippen LogP contribution in [0.2, 0.25) is 0 Å². The van der Waals surface area contributed by atoms with Gasteiger partial charge in [0.2, 0.25) is 5.91 Å². The second-order valence-corrected chi connectivity index (χ2v) is 4.65. The first kappa shape index (κ1) is 16.8. The molecule has 0 unspecified atom stereocenters. The van der Waals surface area contributed by atoms with Gasteiger partial charge in [-0.1, -0.05) is 13.3 Å². The number of hydrogen-bond acceptors (Lipinski definition) is 5. The van der Waals surface area contributed by atoms with E-state index in [9.17, 15) is 14.9 Å². The van der Waals surface area contributed by atoms with Crippen LogP contribution in [0.15, 0.2) is 18.2 Å². The monoisotopic (exact) mass is 311 g/mol. The minimum absolute atomic E-state index is 0.0318. The smallest absolute Gasteiger partial charge is 0.296 e. The summed E-state index contributed by atoms with van der Waals surface area (Å²) in [7, 11) is 1.42. The summed E-state index contributed by atoms with van der Waals surface area (Å²) < 4.78 is 4.94. The Kier molecular flexibility index (Phi) is 6.54. The van der Waals surface area contributed by atoms with Crippen molar-refractivity contribution in [1.29, 1.82) is 0 Å². The highest BCUT2D eigenvalue weighted by atomic mass is 32.1. The number of nitrogens with one attached hydrogen (secondary N) is 2. The summed E-state index contributed by atoms with van der Waals surface area (Å²) in [6, 6.07) is 4.32. The molecule has 0 aliphatic carbocycles. The first-order valence-corrected chi connectivity index (χ1v) is 6.82. The van der Waals surface area contributed by atoms with Crippen molar-refractivity contribution in [1.82, 2.24) is 5.32 Å². The molecule has 1 aromatic rings. The van der Waals surface area contributed by atoms with Crippen LogP contribution in [0.5, 0.6) is 5.75 Å². The number of hydrogen-bond donors (Lipinski definition) is 2. The highest BCUT2D eigenvalue weighted by Gasteiger charge is 2.16. The number of benzene rings is 1. The van der Waals surface area contributed by atoms with Crippen LogP contribution in [0.1, 0.15) is 26.2 Å². The Balaban J connectivity index is 2.76. The molecule has 0 aromatic heterocycles. The van der Waals surface area contributed by atoms with E-state index >= 15 is 0 Å². The predicted molar refractivity (Wildman–Crippen MR) is 83.5 cm³/mol. The maximum absolute atomic E-state index is 11.5. The van der Waals surface area contributed by atoms with E-state index < -0.39 is 4.92 Å². The number of amides is 1. The van der Waals surface area contributed by atoms with Crippen molar-refractivity contribution in [2.75, 3.05) is 12.4 Å². The second-order valence-electron chi connectivity index (χ2n) is 4.25. The van der Waals surface area contributed by atoms with Gasteiger partial charge >= 0.3 is 0 Å². The molecule has 1 amide bonds. The molecule has 2 N–H and O–H groups in total. The SMILES string of the molecule is CCCCC(=O)NC(=S)Nc1ccc(OC)cc1[N+](=O)[O-]. The molecule has 0 saturated heterocycles. The predicted octanol–water partition coefficient (Wildman–Crippen LogP) is 2.61. The van der Waals surface area contributed by atoms with Gasteiger partial charge in [-0.05, 0) is 30.8 Å². The molecule has 0 atom stereocenters. The van der Waals surface area contributed by atoms with Crippen molar-refractivity contribution >= 4 is 34.6 Å². The van der Waals surface area contributed by atoms with Crippen molar-refractivity contribution in [2.24, 2.45) is 0 Å². The number of carbonyl (C=O) groups is 1. The highest BCUT2D eigenvalue weighted by molar-refractivity contribution is 7.80. The summed E-state index contributed by atoms with van der Waals surface area (Å²) in [6.07, 6.45) is 2.03. The maximum atomic E-state index is 11.5. The lowest BCUT2D eigenvalue weighted by atomic mass is 10.2. The topological polar surface area (TPSA) is 93.5 Å². The summed E-state index contributed by atoms with van der Waals surface area (Å²) >= 11 is 4.97. The second kappa shape index (κ2) is 8.15. The molecule has 0 saturated carbocycles. The van der Waals surface area contributed by atoms with Crippen LogP contribution in [-0.4, -0.2) is 23.1 Å². The van der Waals surface area contributed by atoms with Gasteiger partial charge in [0.25, 0.3) is 5.69 Å². The average Bonchev–Trinajstić information content (AvgIpc) is 2.45. The van der Waals surface area contributed by atoms with E-state index in [-0.39, 0.29) is 22.4 Å². The van der Waals surface area contributed by atoms with Crippen LogP contribution in [0.3, 0.4) is 0 Å². The molecule has 1 aromatic carbocycles. The zero-order valence-corrected chi connectivity index (χ0v) is 12.7. The number of nitro groups is 1. The number of nitrogens with zero attached hydrogens (tertiary/aromatic N) is 1. The Labute approximate surface area is 127 Å². The van der Waals surface area contributed by atoms with E-state index in [1.165, 1.54) is 19.2 Å². The summed E-state index contributed by atoms with van der Waals surface area (Å²) in [5.74, 6) is 0.149. The lowest BCUT2D eigenvalue weighted by molar-refractivity contribution is -0.384. The molecule has 1 rings (SSSR count). The first-order chi connectivity index (χ1) is 9.97. The van der Waals surface area contributed by atoms with E-state index in [1.54, 1.807) is 6.07 Å². The van der Waals surface area contributed by atoms with Crippen molar-refractivity contribution in [3.05, 3.63) is 28.3 Å². The van der Waals surface area contributed by atoms with Gasteiger partial charge < -0.3 is 15.4 Å². The van der Waals surface area contributed by atoms with Gasteiger partial charge in [0.1, 0.15) is 11.4 Å². The first-order valence-electron chi connectivity index (χ1n) is 6.41. The third-order valence-electron chi connectivity index (χ3n) is 2.66. The molecule has 21 heavy (non-hydrogen) atoms. The fraction of sp³-hybridized carbons (Fsp3) is 0.385. The molecule has 0 aliphatic heterocycles. The van der Waals surface area contributed by atoms with Gasteiger partial charge in [-0.2, -0.15) is 0 Å². The highest BCUT2D eigenvalue weighted by Crippen LogP contribution is 2.28. The standard InChI is InChI=1S/C13H17N3O4S/c1-3-4-5-12(17)15-13(21)14-10-7-6-9(20-2)8-11(10)16(18)19/h6-8H,3-5H2,1-2H3,(H2,14,15,17,21). The van der Waals surface area contributed by atoms with E-state index in [0.29, 0.717) is 12.2 Å². The largest absolute Gasteiger partial charge is 0.496 e. The number of anilines is 1. The average molecular weight is 311 g/mol. The fourth-order valence-electron chi connectivity index (χ4n) is 1.58. The van der Waals surface area contributed by atoms with Gasteiger partial charge in [0, 0.05) is 6.42 Å². The molecular formula is C13H17N3O4S. The minimum atomic E-state index is -0.549. The molecule has 0 fully saturated rings. The van der Waals surface area contributed by atoms with Crippen molar-refractivity contribution < 1.29 is 14.5 Å². The van der Waals surface area contributed by atoms with Crippen LogP contribution in [0.25, 0.3) is 0 Å². The summed E-state index contributed by atoms with van der Waals surface area (Å²) in [6.45, 7) is 1.98. The van der Waals surface area contributed by atoms with Crippen LogP contribution < -0.4 is 15.4 Å². The molecule has 0 radical (unpaired) electrons. The van der Waals surface area contributed by atoms with Crippen LogP contribution in [-0.2, 0) is 4.79 Å². The lowest BCUT2D eigenvalue weighted by Gasteiger charge is -2.10. The van der Waals surface area contributed by atoms with Crippen LogP contribution >= 0.6 is 12.2 Å². The van der Waals surface area contributed by atoms with Crippen LogP contribution in [0.4, 0.5) is 11.4 Å². The Bertz CT molecular complexity index is 548. The molecule has 0 heterocycles. The van der Waals surface area contributed by atoms with Gasteiger partial charge in [-0.15, -0.1) is 0 Å². The zero-order valence-electron chi connectivity index (χ0n) is 11.8. The van der Waals surface area contributed by atoms with E-state index in [0.717, 1.165) is 12.8 Å². The van der Waals surface area contributed by atoms with Gasteiger partial charge in [0.05, 0.1) is 18.1 Å². The zero-order chi connectivity index (χ0) is 15.8. The molecule has 0 aliphatic rings. The molecule has 8 heteroatoms. The third-order valence-corrected chi connectivity index (χ3v) is 2.86. The fourth-order valence-corrected chi connectivity index (χ4v) is 1.80. The third kappa shape index (κ3) is 5.35. The van der Waals surface area contributed by atoms with E-state index in [2.05, 4.69) is 10.6 Å². The van der Waals surface area contributed by atoms with Crippen molar-refractivity contribution in [3.63, 3.8) is 0 Å². The van der Waals surface area contributed by atoms with E-state index in [4.69, 9.17) is 17.0 Å². The number of thiocarbonyl (C=S) groups is 1. The van der Waals surface area contributed by atoms with Gasteiger partial charge in [0.15, 0.2) is 5.11 Å². The number of unbranched alkanes of at least 4 members (excludes halogenated alkanes) is 1. The Morgan fingerprint density at radius 1 is 1.48 bits per heavy atom. The Morgan fingerprint density at radius 3 is 2.76 bits per heavy atom. The Morgan fingerprint density at radius 2 is 2.19 bits per heavy atom. The van der Waals surface area contributed by atoms with E-state index in [1.807, 2.05) is 6.92 Å². The normalized spacial score (nSPS) is 9.81. The molecular weight excluding hydrogens is 294 g/mol. The maximum Gasteiger partial charge on any atom is 0.296 e. The molecule has 0 bridgehead atoms. The molecule has 7 nitrogen and oxygen atoms in total. The number of nitro benzene ring substituents is 1. The number of rotatable bonds is 6. The van der Waals surface area contributed by atoms with Gasteiger partial charge in [-0.25, -0.2) is 0 Å². The Hall–Kier alpha value is -2.22. The van der Waals surface area contributed by atoms with Crippen molar-refractivity contribution in [2.45, 2.75) is 26.2 Å². The van der Waals surface area contributed by atoms with Crippen molar-refractivity contribution in [3.8, 4) is 5.75 Å². The summed E-state index contributed by atoms with van der Waals surface area (Å²) in [5, 5.41) is 16.2. The number of ether oxygens (including phenoxy) is 1. The number of carbonyl (C=O) groups excluding carboxylic acids is 1. The van der Waals surface area contributed by atoms with Gasteiger partial charge in [-0.3, -0.25) is 14.9 Å². The molecule has 114 valence electrons. The molecule has 0 spiro atoms. The summed E-state index contributed by atoms with van der Waals surface area (Å²) in [5.41, 5.74) is 0.0149. The quantitative estimate of drug-likeness (QED) is 0.476.